The Morgan fingerprint density at radius 1 is 1.12 bits per heavy atom. The fourth-order valence-corrected chi connectivity index (χ4v) is 2.79. The largest absolute Gasteiger partial charge is 0.461 e. The Morgan fingerprint density at radius 3 is 2.38 bits per heavy atom. The first-order chi connectivity index (χ1) is 14.7. The lowest BCUT2D eigenvalue weighted by atomic mass is 9.83. The zero-order valence-electron chi connectivity index (χ0n) is 18.3. The van der Waals surface area contributed by atoms with Gasteiger partial charge in [0, 0.05) is 28.3 Å². The number of rotatable bonds is 9. The maximum Gasteiger partial charge on any atom is 0.334 e. The second kappa shape index (κ2) is 10.5. The summed E-state index contributed by atoms with van der Waals surface area (Å²) in [4.78, 5) is 11.1. The van der Waals surface area contributed by atoms with Crippen molar-refractivity contribution >= 4 is 66.1 Å². The number of carbonyl (C=O) groups is 1. The van der Waals surface area contributed by atoms with E-state index in [1.54, 1.807) is 19.9 Å². The number of halogens is 4. The van der Waals surface area contributed by atoms with Crippen LogP contribution in [0.5, 0.6) is 0 Å². The van der Waals surface area contributed by atoms with Crippen LogP contribution in [0, 0.1) is 11.6 Å². The molecular weight excluding hydrogens is 480 g/mol. The van der Waals surface area contributed by atoms with Crippen LogP contribution < -0.4 is 16.3 Å². The van der Waals surface area contributed by atoms with Gasteiger partial charge in [-0.25, -0.2) is 8.78 Å². The topological polar surface area (TPSA) is 59.6 Å². The van der Waals surface area contributed by atoms with Crippen LogP contribution in [0.15, 0.2) is 24.3 Å². The minimum Gasteiger partial charge on any atom is -0.461 e. The summed E-state index contributed by atoms with van der Waals surface area (Å²) in [5.74, 6) is -2.58. The van der Waals surface area contributed by atoms with Crippen molar-refractivity contribution in [2.24, 2.45) is 0 Å². The Bertz CT molecular complexity index is 1000. The first-order valence-electron chi connectivity index (χ1n) is 9.57. The van der Waals surface area contributed by atoms with E-state index in [0.717, 1.165) is 13.5 Å². The summed E-state index contributed by atoms with van der Waals surface area (Å²) < 4.78 is 38.6. The molecule has 0 bridgehead atoms. The lowest BCUT2D eigenvalue weighted by Gasteiger charge is -2.38. The Kier molecular flexibility index (Phi) is 8.72. The molecule has 0 aromatic heterocycles. The van der Waals surface area contributed by atoms with Crippen molar-refractivity contribution in [2.45, 2.75) is 51.6 Å². The van der Waals surface area contributed by atoms with E-state index >= 15 is 0 Å². The summed E-state index contributed by atoms with van der Waals surface area (Å²) in [6.45, 7) is 8.51. The number of benzene rings is 2. The summed E-state index contributed by atoms with van der Waals surface area (Å²) >= 11 is 16.9. The number of thiol groups is 1. The van der Waals surface area contributed by atoms with Gasteiger partial charge in [-0.2, -0.15) is 12.6 Å². The maximum atomic E-state index is 14.3. The molecule has 0 spiro atoms. The highest BCUT2D eigenvalue weighted by molar-refractivity contribution is 7.81. The molecule has 2 rings (SSSR count). The quantitative estimate of drug-likeness (QED) is 0.182. The van der Waals surface area contributed by atoms with Crippen molar-refractivity contribution in [3.8, 4) is 0 Å². The van der Waals surface area contributed by atoms with Crippen LogP contribution >= 0.6 is 35.8 Å². The number of hydrogen-bond donors (Lipinski definition) is 3. The molecule has 2 N–H and O–H groups in total. The molecule has 173 valence electrons. The van der Waals surface area contributed by atoms with Crippen molar-refractivity contribution < 1.29 is 23.0 Å². The molecule has 0 aliphatic rings. The molecule has 0 atom stereocenters. The first kappa shape index (κ1) is 26.6. The van der Waals surface area contributed by atoms with E-state index in [-0.39, 0.29) is 22.8 Å². The van der Waals surface area contributed by atoms with Crippen LogP contribution in [0.1, 0.15) is 40.2 Å². The minimum atomic E-state index is -1.07. The van der Waals surface area contributed by atoms with Crippen molar-refractivity contribution in [2.75, 3.05) is 10.9 Å². The highest BCUT2D eigenvalue weighted by atomic mass is 35.5. The second-order valence-electron chi connectivity index (χ2n) is 8.12. The summed E-state index contributed by atoms with van der Waals surface area (Å²) in [6.07, 6.45) is 0. The molecule has 0 aliphatic heterocycles. The van der Waals surface area contributed by atoms with Gasteiger partial charge >= 0.3 is 13.5 Å². The zero-order valence-corrected chi connectivity index (χ0v) is 20.7. The summed E-state index contributed by atoms with van der Waals surface area (Å²) in [6, 6.07) is 5.43. The van der Waals surface area contributed by atoms with E-state index in [1.807, 2.05) is 13.8 Å². The third-order valence-corrected chi connectivity index (χ3v) is 6.10. The highest BCUT2D eigenvalue weighted by Crippen LogP contribution is 2.32. The third-order valence-electron chi connectivity index (χ3n) is 4.90. The average molecular weight is 504 g/mol. The summed E-state index contributed by atoms with van der Waals surface area (Å²) in [5.41, 5.74) is 5.75. The Labute approximate surface area is 202 Å². The van der Waals surface area contributed by atoms with Crippen LogP contribution in [0.2, 0.25) is 10.0 Å². The lowest BCUT2D eigenvalue weighted by Crippen LogP contribution is -2.46. The zero-order chi connectivity index (χ0) is 24.3. The molecule has 5 nitrogen and oxygen atoms in total. The van der Waals surface area contributed by atoms with Crippen molar-refractivity contribution in [1.82, 2.24) is 0 Å². The van der Waals surface area contributed by atoms with Gasteiger partial charge in [-0.15, -0.1) is 0 Å². The molecule has 0 unspecified atom stereocenters. The molecule has 0 saturated carbocycles. The van der Waals surface area contributed by atoms with E-state index in [1.165, 1.54) is 19.1 Å². The predicted octanol–water partition coefficient (Wildman–Crippen LogP) is 5.52. The lowest BCUT2D eigenvalue weighted by molar-refractivity contribution is -0.142. The fraction of sp³-hybridized carbons (Fsp3) is 0.381. The monoisotopic (exact) mass is 503 g/mol. The molecule has 2 aromatic rings. The molecule has 11 heteroatoms. The molecule has 1 radical (unpaired) electrons. The van der Waals surface area contributed by atoms with Crippen molar-refractivity contribution in [3.05, 3.63) is 51.5 Å². The molecule has 0 aliphatic carbocycles. The summed E-state index contributed by atoms with van der Waals surface area (Å²) in [7, 11) is 1.16. The molecule has 0 heterocycles. The predicted molar refractivity (Wildman–Crippen MR) is 129 cm³/mol. The number of hydrazine groups is 1. The van der Waals surface area contributed by atoms with Crippen molar-refractivity contribution in [3.63, 3.8) is 0 Å². The highest BCUT2D eigenvalue weighted by Gasteiger charge is 2.35. The maximum absolute atomic E-state index is 14.3. The number of nitrogens with one attached hydrogen (secondary N) is 2. The van der Waals surface area contributed by atoms with E-state index < -0.39 is 28.0 Å². The van der Waals surface area contributed by atoms with Gasteiger partial charge in [0.15, 0.2) is 11.6 Å². The minimum absolute atomic E-state index is 0.0672. The number of anilines is 2. The standard InChI is InChI=1S/C21H24BCl2F2N2O3S/c1-11(29)30-10-12-6-13(23)7-17(18(12)24)28-27-14-8-15(19(26)16(25)9-14)22-31-20(2,3)21(4,5)32/h6-9,27-28,32H,10H2,1-5H3. The van der Waals surface area contributed by atoms with E-state index in [0.29, 0.717) is 16.3 Å². The molecular formula is C21H24BCl2F2N2O3S. The Hall–Kier alpha value is -1.68. The normalized spacial score (nSPS) is 11.8. The van der Waals surface area contributed by atoms with Gasteiger partial charge < -0.3 is 14.8 Å². The number of carbonyl (C=O) groups excluding carboxylic acids is 1. The van der Waals surface area contributed by atoms with Gasteiger partial charge in [0.25, 0.3) is 0 Å². The second-order valence-corrected chi connectivity index (χ2v) is 10.1. The van der Waals surface area contributed by atoms with Gasteiger partial charge in [-0.05, 0) is 51.4 Å². The smallest absolute Gasteiger partial charge is 0.334 e. The van der Waals surface area contributed by atoms with Gasteiger partial charge in [-0.1, -0.05) is 23.2 Å². The average Bonchev–Trinajstić information content (AvgIpc) is 2.67. The van der Waals surface area contributed by atoms with Crippen LogP contribution in [0.25, 0.3) is 0 Å². The molecule has 32 heavy (non-hydrogen) atoms. The van der Waals surface area contributed by atoms with E-state index in [9.17, 15) is 13.6 Å². The first-order valence-corrected chi connectivity index (χ1v) is 10.8. The number of esters is 1. The van der Waals surface area contributed by atoms with Gasteiger partial charge in [0.1, 0.15) is 6.61 Å². The van der Waals surface area contributed by atoms with Crippen LogP contribution in [-0.2, 0) is 20.8 Å². The number of hydrogen-bond acceptors (Lipinski definition) is 6. The van der Waals surface area contributed by atoms with Crippen LogP contribution in [0.3, 0.4) is 0 Å². The number of ether oxygens (including phenoxy) is 1. The van der Waals surface area contributed by atoms with Gasteiger partial charge in [-0.3, -0.25) is 10.2 Å². The molecule has 2 aromatic carbocycles. The Balaban J connectivity index is 2.20. The Morgan fingerprint density at radius 2 is 1.78 bits per heavy atom. The van der Waals surface area contributed by atoms with Crippen LogP contribution in [-0.4, -0.2) is 23.8 Å². The van der Waals surface area contributed by atoms with E-state index in [4.69, 9.17) is 32.6 Å². The molecule has 0 fully saturated rings. The fourth-order valence-electron chi connectivity index (χ4n) is 2.28. The molecule has 0 amide bonds. The van der Waals surface area contributed by atoms with Gasteiger partial charge in [0.05, 0.1) is 22.0 Å². The third kappa shape index (κ3) is 6.91. The summed E-state index contributed by atoms with van der Waals surface area (Å²) in [5, 5.41) is 0.587. The molecule has 0 saturated heterocycles. The van der Waals surface area contributed by atoms with Gasteiger partial charge in [0.2, 0.25) is 0 Å². The van der Waals surface area contributed by atoms with Crippen molar-refractivity contribution in [1.29, 1.82) is 0 Å². The van der Waals surface area contributed by atoms with E-state index in [2.05, 4.69) is 23.5 Å². The SMILES string of the molecule is CC(=O)OCc1cc(Cl)cc(NNc2cc(F)c(F)c([B]OC(C)(C)C(C)(C)S)c2)c1Cl. The van der Waals surface area contributed by atoms with Crippen LogP contribution in [0.4, 0.5) is 20.2 Å².